The summed E-state index contributed by atoms with van der Waals surface area (Å²) >= 11 is 0. The fourth-order valence-electron chi connectivity index (χ4n) is 3.62. The summed E-state index contributed by atoms with van der Waals surface area (Å²) < 4.78 is 0. The molecule has 1 aliphatic carbocycles. The van der Waals surface area contributed by atoms with Gasteiger partial charge in [0.05, 0.1) is 11.8 Å². The molecule has 2 aliphatic rings. The van der Waals surface area contributed by atoms with Gasteiger partial charge in [-0.3, -0.25) is 19.3 Å². The normalized spacial score (nSPS) is 23.5. The van der Waals surface area contributed by atoms with Crippen molar-refractivity contribution in [3.05, 3.63) is 48.0 Å². The molecule has 0 radical (unpaired) electrons. The number of amides is 3. The maximum Gasteiger partial charge on any atom is 0.243 e. The van der Waals surface area contributed by atoms with E-state index in [1.165, 1.54) is 10.5 Å². The molecule has 1 heterocycles. The van der Waals surface area contributed by atoms with Gasteiger partial charge < -0.3 is 5.32 Å². The summed E-state index contributed by atoms with van der Waals surface area (Å²) in [7, 11) is 0. The summed E-state index contributed by atoms with van der Waals surface area (Å²) in [6, 6.07) is 9.33. The predicted molar refractivity (Wildman–Crippen MR) is 94.4 cm³/mol. The van der Waals surface area contributed by atoms with Crippen LogP contribution >= 0.6 is 0 Å². The number of hydrogen-bond acceptors (Lipinski definition) is 3. The Balaban J connectivity index is 1.50. The minimum Gasteiger partial charge on any atom is -0.354 e. The second-order valence-electron chi connectivity index (χ2n) is 6.76. The van der Waals surface area contributed by atoms with Crippen LogP contribution in [0.15, 0.2) is 42.5 Å². The molecule has 0 bridgehead atoms. The standard InChI is InChI=1S/C20H24N2O3/c1-14(18(23)21-13-7-10-15-8-3-2-4-9-15)22-19(24)16-11-5-6-12-17(16)20(22)25/h2-6,8-9,14,16-17H,7,10-13H2,1H3,(H,21,23)/t14-,16-,17+/m1/s1. The average Bonchev–Trinajstić information content (AvgIpc) is 2.90. The highest BCUT2D eigenvalue weighted by molar-refractivity contribution is 6.08. The molecule has 3 atom stereocenters. The lowest BCUT2D eigenvalue weighted by atomic mass is 9.85. The highest BCUT2D eigenvalue weighted by Gasteiger charge is 2.49. The molecule has 1 saturated heterocycles. The molecule has 3 amide bonds. The van der Waals surface area contributed by atoms with Gasteiger partial charge in [-0.05, 0) is 38.2 Å². The second-order valence-corrected chi connectivity index (χ2v) is 6.76. The fraction of sp³-hybridized carbons (Fsp3) is 0.450. The summed E-state index contributed by atoms with van der Waals surface area (Å²) in [5, 5.41) is 2.85. The molecule has 1 aromatic carbocycles. The van der Waals surface area contributed by atoms with Crippen LogP contribution in [0.2, 0.25) is 0 Å². The number of likely N-dealkylation sites (tertiary alicyclic amines) is 1. The third kappa shape index (κ3) is 3.65. The van der Waals surface area contributed by atoms with E-state index in [9.17, 15) is 14.4 Å². The predicted octanol–water partition coefficient (Wildman–Crippen LogP) is 2.08. The van der Waals surface area contributed by atoms with Crippen molar-refractivity contribution in [2.45, 2.75) is 38.6 Å². The van der Waals surface area contributed by atoms with Crippen LogP contribution in [-0.4, -0.2) is 35.2 Å². The smallest absolute Gasteiger partial charge is 0.243 e. The number of benzene rings is 1. The molecule has 1 aliphatic heterocycles. The van der Waals surface area contributed by atoms with Crippen molar-refractivity contribution in [2.24, 2.45) is 11.8 Å². The lowest BCUT2D eigenvalue weighted by Gasteiger charge is -2.22. The van der Waals surface area contributed by atoms with Gasteiger partial charge in [0.25, 0.3) is 0 Å². The molecule has 0 aromatic heterocycles. The number of nitrogens with one attached hydrogen (secondary N) is 1. The number of allylic oxidation sites excluding steroid dienone is 2. The van der Waals surface area contributed by atoms with E-state index in [0.29, 0.717) is 19.4 Å². The zero-order chi connectivity index (χ0) is 17.8. The summed E-state index contributed by atoms with van der Waals surface area (Å²) in [5.74, 6) is -1.24. The van der Waals surface area contributed by atoms with Gasteiger partial charge in [-0.2, -0.15) is 0 Å². The zero-order valence-corrected chi connectivity index (χ0v) is 14.5. The number of aryl methyl sites for hydroxylation is 1. The fourth-order valence-corrected chi connectivity index (χ4v) is 3.62. The molecule has 132 valence electrons. The number of carbonyl (C=O) groups excluding carboxylic acids is 3. The summed E-state index contributed by atoms with van der Waals surface area (Å²) in [4.78, 5) is 38.5. The Kier molecular flexibility index (Phi) is 5.31. The van der Waals surface area contributed by atoms with Gasteiger partial charge in [-0.25, -0.2) is 0 Å². The van der Waals surface area contributed by atoms with Crippen LogP contribution in [0.25, 0.3) is 0 Å². The molecular weight excluding hydrogens is 316 g/mol. The first-order valence-corrected chi connectivity index (χ1v) is 8.93. The van der Waals surface area contributed by atoms with E-state index in [4.69, 9.17) is 0 Å². The van der Waals surface area contributed by atoms with Crippen molar-refractivity contribution in [1.29, 1.82) is 0 Å². The largest absolute Gasteiger partial charge is 0.354 e. The molecular formula is C20H24N2O3. The summed E-state index contributed by atoms with van der Waals surface area (Å²) in [6.45, 7) is 2.16. The van der Waals surface area contributed by atoms with E-state index in [2.05, 4.69) is 17.4 Å². The van der Waals surface area contributed by atoms with E-state index in [-0.39, 0.29) is 29.6 Å². The van der Waals surface area contributed by atoms with Crippen LogP contribution in [0, 0.1) is 11.8 Å². The Bertz CT molecular complexity index is 657. The topological polar surface area (TPSA) is 66.5 Å². The Hall–Kier alpha value is -2.43. The maximum atomic E-state index is 12.5. The Labute approximate surface area is 148 Å². The Morgan fingerprint density at radius 3 is 2.32 bits per heavy atom. The van der Waals surface area contributed by atoms with Crippen LogP contribution < -0.4 is 5.32 Å². The third-order valence-electron chi connectivity index (χ3n) is 5.09. The average molecular weight is 340 g/mol. The quantitative estimate of drug-likeness (QED) is 0.490. The summed E-state index contributed by atoms with van der Waals surface area (Å²) in [6.07, 6.45) is 6.79. The van der Waals surface area contributed by atoms with E-state index in [0.717, 1.165) is 12.8 Å². The van der Waals surface area contributed by atoms with Crippen LogP contribution in [0.5, 0.6) is 0 Å². The van der Waals surface area contributed by atoms with Crippen molar-refractivity contribution in [2.75, 3.05) is 6.54 Å². The molecule has 0 saturated carbocycles. The second kappa shape index (κ2) is 7.64. The van der Waals surface area contributed by atoms with Gasteiger partial charge in [-0.1, -0.05) is 42.5 Å². The number of carbonyl (C=O) groups is 3. The van der Waals surface area contributed by atoms with Crippen LogP contribution in [0.4, 0.5) is 0 Å². The number of imide groups is 1. The van der Waals surface area contributed by atoms with E-state index < -0.39 is 6.04 Å². The van der Waals surface area contributed by atoms with Crippen LogP contribution in [0.3, 0.4) is 0 Å². The zero-order valence-electron chi connectivity index (χ0n) is 14.5. The molecule has 5 heteroatoms. The molecule has 0 unspecified atom stereocenters. The lowest BCUT2D eigenvalue weighted by Crippen LogP contribution is -2.48. The van der Waals surface area contributed by atoms with E-state index >= 15 is 0 Å². The minimum atomic E-state index is -0.748. The first-order chi connectivity index (χ1) is 12.1. The van der Waals surface area contributed by atoms with Crippen molar-refractivity contribution in [3.63, 3.8) is 0 Å². The lowest BCUT2D eigenvalue weighted by molar-refractivity contribution is -0.147. The van der Waals surface area contributed by atoms with Gasteiger partial charge in [0.15, 0.2) is 0 Å². The van der Waals surface area contributed by atoms with Gasteiger partial charge in [-0.15, -0.1) is 0 Å². The van der Waals surface area contributed by atoms with Crippen molar-refractivity contribution >= 4 is 17.7 Å². The third-order valence-corrected chi connectivity index (χ3v) is 5.09. The Morgan fingerprint density at radius 1 is 1.12 bits per heavy atom. The van der Waals surface area contributed by atoms with Gasteiger partial charge in [0.2, 0.25) is 17.7 Å². The van der Waals surface area contributed by atoms with E-state index in [1.54, 1.807) is 6.92 Å². The van der Waals surface area contributed by atoms with E-state index in [1.807, 2.05) is 30.4 Å². The monoisotopic (exact) mass is 340 g/mol. The first kappa shape index (κ1) is 17.4. The number of nitrogens with zero attached hydrogens (tertiary/aromatic N) is 1. The van der Waals surface area contributed by atoms with Gasteiger partial charge in [0.1, 0.15) is 6.04 Å². The molecule has 1 fully saturated rings. The molecule has 3 rings (SSSR count). The van der Waals surface area contributed by atoms with Crippen molar-refractivity contribution < 1.29 is 14.4 Å². The first-order valence-electron chi connectivity index (χ1n) is 8.93. The molecule has 1 N–H and O–H groups in total. The Morgan fingerprint density at radius 2 is 1.72 bits per heavy atom. The summed E-state index contributed by atoms with van der Waals surface area (Å²) in [5.41, 5.74) is 1.23. The highest BCUT2D eigenvalue weighted by atomic mass is 16.2. The maximum absolute atomic E-state index is 12.5. The van der Waals surface area contributed by atoms with Crippen molar-refractivity contribution in [1.82, 2.24) is 10.2 Å². The van der Waals surface area contributed by atoms with Crippen LogP contribution in [-0.2, 0) is 20.8 Å². The number of hydrogen-bond donors (Lipinski definition) is 1. The molecule has 5 nitrogen and oxygen atoms in total. The molecule has 25 heavy (non-hydrogen) atoms. The SMILES string of the molecule is C[C@H](C(=O)NCCCc1ccccc1)N1C(=O)[C@H]2CC=CC[C@H]2C1=O. The highest BCUT2D eigenvalue weighted by Crippen LogP contribution is 2.36. The van der Waals surface area contributed by atoms with Gasteiger partial charge in [0, 0.05) is 6.54 Å². The van der Waals surface area contributed by atoms with Crippen LogP contribution in [0.1, 0.15) is 31.7 Å². The van der Waals surface area contributed by atoms with Gasteiger partial charge >= 0.3 is 0 Å². The molecule has 0 spiro atoms. The number of fused-ring (bicyclic) bond motifs is 1. The number of rotatable bonds is 6. The minimum absolute atomic E-state index is 0.203. The van der Waals surface area contributed by atoms with Crippen molar-refractivity contribution in [3.8, 4) is 0 Å². The molecule has 1 aromatic rings.